The van der Waals surface area contributed by atoms with Crippen LogP contribution in [0.3, 0.4) is 0 Å². The molecule has 0 atom stereocenters. The number of aromatic nitrogens is 1. The molecule has 0 radical (unpaired) electrons. The van der Waals surface area contributed by atoms with Crippen molar-refractivity contribution < 1.29 is 4.74 Å². The van der Waals surface area contributed by atoms with Crippen LogP contribution in [0.15, 0.2) is 41.0 Å². The Labute approximate surface area is 102 Å². The third-order valence-electron chi connectivity index (χ3n) is 2.16. The van der Waals surface area contributed by atoms with E-state index in [2.05, 4.69) is 20.9 Å². The van der Waals surface area contributed by atoms with Gasteiger partial charge in [-0.05, 0) is 52.7 Å². The van der Waals surface area contributed by atoms with E-state index in [1.54, 1.807) is 12.3 Å². The molecular formula is C12H11BrN2O. The third-order valence-corrected chi connectivity index (χ3v) is 2.63. The highest BCUT2D eigenvalue weighted by atomic mass is 79.9. The SMILES string of the molecule is Cc1cc(Oc2ccc(Br)cn2)ccc1N. The lowest BCUT2D eigenvalue weighted by atomic mass is 10.2. The summed E-state index contributed by atoms with van der Waals surface area (Å²) in [6.45, 7) is 1.94. The van der Waals surface area contributed by atoms with Crippen LogP contribution in [0.25, 0.3) is 0 Å². The van der Waals surface area contributed by atoms with E-state index >= 15 is 0 Å². The highest BCUT2D eigenvalue weighted by Crippen LogP contribution is 2.23. The van der Waals surface area contributed by atoms with E-state index < -0.39 is 0 Å². The molecule has 0 amide bonds. The van der Waals surface area contributed by atoms with Crippen LogP contribution in [0.4, 0.5) is 5.69 Å². The van der Waals surface area contributed by atoms with Crippen LogP contribution in [-0.4, -0.2) is 4.98 Å². The second-order valence-electron chi connectivity index (χ2n) is 3.44. The topological polar surface area (TPSA) is 48.1 Å². The van der Waals surface area contributed by atoms with E-state index in [1.807, 2.05) is 31.2 Å². The third kappa shape index (κ3) is 2.52. The van der Waals surface area contributed by atoms with E-state index in [0.717, 1.165) is 21.5 Å². The molecule has 0 saturated heterocycles. The number of pyridine rings is 1. The summed E-state index contributed by atoms with van der Waals surface area (Å²) >= 11 is 3.32. The largest absolute Gasteiger partial charge is 0.439 e. The summed E-state index contributed by atoms with van der Waals surface area (Å²) in [5.41, 5.74) is 7.48. The second-order valence-corrected chi connectivity index (χ2v) is 4.35. The maximum absolute atomic E-state index is 5.72. The Bertz CT molecular complexity index is 497. The summed E-state index contributed by atoms with van der Waals surface area (Å²) in [6, 6.07) is 9.22. The maximum Gasteiger partial charge on any atom is 0.219 e. The van der Waals surface area contributed by atoms with E-state index in [1.165, 1.54) is 0 Å². The van der Waals surface area contributed by atoms with Crippen LogP contribution in [0.1, 0.15) is 5.56 Å². The van der Waals surface area contributed by atoms with Crippen molar-refractivity contribution in [3.05, 3.63) is 46.6 Å². The summed E-state index contributed by atoms with van der Waals surface area (Å²) in [5, 5.41) is 0. The summed E-state index contributed by atoms with van der Waals surface area (Å²) in [7, 11) is 0. The quantitative estimate of drug-likeness (QED) is 0.855. The number of nitrogen functional groups attached to an aromatic ring is 1. The fraction of sp³-hybridized carbons (Fsp3) is 0.0833. The Morgan fingerprint density at radius 1 is 1.25 bits per heavy atom. The van der Waals surface area contributed by atoms with Gasteiger partial charge in [-0.3, -0.25) is 0 Å². The van der Waals surface area contributed by atoms with Gasteiger partial charge < -0.3 is 10.5 Å². The van der Waals surface area contributed by atoms with Crippen LogP contribution < -0.4 is 10.5 Å². The molecule has 0 spiro atoms. The number of hydrogen-bond acceptors (Lipinski definition) is 3. The molecule has 2 N–H and O–H groups in total. The molecule has 0 bridgehead atoms. The fourth-order valence-electron chi connectivity index (χ4n) is 1.26. The molecule has 0 unspecified atom stereocenters. The summed E-state index contributed by atoms with van der Waals surface area (Å²) in [5.74, 6) is 1.30. The van der Waals surface area contributed by atoms with Crippen LogP contribution in [0.2, 0.25) is 0 Å². The van der Waals surface area contributed by atoms with Gasteiger partial charge in [0.2, 0.25) is 5.88 Å². The lowest BCUT2D eigenvalue weighted by Crippen LogP contribution is -1.91. The molecule has 3 nitrogen and oxygen atoms in total. The Morgan fingerprint density at radius 2 is 2.06 bits per heavy atom. The van der Waals surface area contributed by atoms with Gasteiger partial charge in [-0.1, -0.05) is 0 Å². The number of nitrogens with two attached hydrogens (primary N) is 1. The van der Waals surface area contributed by atoms with Gasteiger partial charge in [0, 0.05) is 22.4 Å². The van der Waals surface area contributed by atoms with Crippen molar-refractivity contribution >= 4 is 21.6 Å². The molecule has 2 rings (SSSR count). The van der Waals surface area contributed by atoms with Crippen molar-refractivity contribution in [2.75, 3.05) is 5.73 Å². The molecule has 1 aromatic carbocycles. The fourth-order valence-corrected chi connectivity index (χ4v) is 1.49. The van der Waals surface area contributed by atoms with Gasteiger partial charge in [0.1, 0.15) is 5.75 Å². The summed E-state index contributed by atoms with van der Waals surface area (Å²) < 4.78 is 6.51. The molecule has 0 fully saturated rings. The summed E-state index contributed by atoms with van der Waals surface area (Å²) in [4.78, 5) is 4.13. The molecule has 4 heteroatoms. The molecule has 1 heterocycles. The number of benzene rings is 1. The zero-order valence-corrected chi connectivity index (χ0v) is 10.4. The van der Waals surface area contributed by atoms with Crippen LogP contribution >= 0.6 is 15.9 Å². The van der Waals surface area contributed by atoms with Gasteiger partial charge in [0.15, 0.2) is 0 Å². The number of halogens is 1. The maximum atomic E-state index is 5.72. The zero-order chi connectivity index (χ0) is 11.5. The number of aryl methyl sites for hydroxylation is 1. The minimum Gasteiger partial charge on any atom is -0.439 e. The first kappa shape index (κ1) is 11.0. The van der Waals surface area contributed by atoms with Gasteiger partial charge in [-0.2, -0.15) is 0 Å². The molecule has 0 saturated carbocycles. The van der Waals surface area contributed by atoms with Crippen molar-refractivity contribution in [2.24, 2.45) is 0 Å². The van der Waals surface area contributed by atoms with Crippen LogP contribution in [0.5, 0.6) is 11.6 Å². The monoisotopic (exact) mass is 278 g/mol. The van der Waals surface area contributed by atoms with E-state index in [9.17, 15) is 0 Å². The van der Waals surface area contributed by atoms with Gasteiger partial charge in [-0.15, -0.1) is 0 Å². The zero-order valence-electron chi connectivity index (χ0n) is 8.77. The smallest absolute Gasteiger partial charge is 0.219 e. The van der Waals surface area contributed by atoms with Crippen molar-refractivity contribution in [3.8, 4) is 11.6 Å². The van der Waals surface area contributed by atoms with Crippen LogP contribution in [-0.2, 0) is 0 Å². The van der Waals surface area contributed by atoms with Crippen molar-refractivity contribution in [3.63, 3.8) is 0 Å². The Hall–Kier alpha value is -1.55. The second kappa shape index (κ2) is 4.53. The molecule has 16 heavy (non-hydrogen) atoms. The van der Waals surface area contributed by atoms with E-state index in [0.29, 0.717) is 5.88 Å². The molecule has 1 aromatic heterocycles. The summed E-state index contributed by atoms with van der Waals surface area (Å²) in [6.07, 6.45) is 1.69. The van der Waals surface area contributed by atoms with Gasteiger partial charge in [0.25, 0.3) is 0 Å². The van der Waals surface area contributed by atoms with Crippen LogP contribution in [0, 0.1) is 6.92 Å². The molecule has 0 aliphatic heterocycles. The molecule has 0 aliphatic carbocycles. The first-order valence-electron chi connectivity index (χ1n) is 4.81. The molecule has 82 valence electrons. The van der Waals surface area contributed by atoms with E-state index in [-0.39, 0.29) is 0 Å². The highest BCUT2D eigenvalue weighted by Gasteiger charge is 2.00. The Balaban J connectivity index is 2.20. The van der Waals surface area contributed by atoms with E-state index in [4.69, 9.17) is 10.5 Å². The molecule has 2 aromatic rings. The number of anilines is 1. The predicted molar refractivity (Wildman–Crippen MR) is 67.6 cm³/mol. The lowest BCUT2D eigenvalue weighted by Gasteiger charge is -2.06. The number of rotatable bonds is 2. The van der Waals surface area contributed by atoms with Gasteiger partial charge in [-0.25, -0.2) is 4.98 Å². The Kier molecular flexibility index (Phi) is 3.10. The minimum atomic E-state index is 0.562. The minimum absolute atomic E-state index is 0.562. The number of ether oxygens (including phenoxy) is 1. The first-order chi connectivity index (χ1) is 7.65. The van der Waals surface area contributed by atoms with Gasteiger partial charge >= 0.3 is 0 Å². The van der Waals surface area contributed by atoms with Gasteiger partial charge in [0.05, 0.1) is 0 Å². The number of hydrogen-bond donors (Lipinski definition) is 1. The van der Waals surface area contributed by atoms with Crippen molar-refractivity contribution in [1.82, 2.24) is 4.98 Å². The average Bonchev–Trinajstić information content (AvgIpc) is 2.27. The van der Waals surface area contributed by atoms with Crippen molar-refractivity contribution in [1.29, 1.82) is 0 Å². The van der Waals surface area contributed by atoms with Crippen molar-refractivity contribution in [2.45, 2.75) is 6.92 Å². The highest BCUT2D eigenvalue weighted by molar-refractivity contribution is 9.10. The first-order valence-corrected chi connectivity index (χ1v) is 5.60. The lowest BCUT2D eigenvalue weighted by molar-refractivity contribution is 0.462. The normalized spacial score (nSPS) is 10.1. The molecular weight excluding hydrogens is 268 g/mol. The molecule has 0 aliphatic rings. The Morgan fingerprint density at radius 3 is 2.69 bits per heavy atom. The average molecular weight is 279 g/mol. The number of nitrogens with zero attached hydrogens (tertiary/aromatic N) is 1. The standard InChI is InChI=1S/C12H11BrN2O/c1-8-6-10(3-4-11(8)14)16-12-5-2-9(13)7-15-12/h2-7H,14H2,1H3. The predicted octanol–water partition coefficient (Wildman–Crippen LogP) is 3.53.